The number of methoxy groups -OCH3 is 1. The Morgan fingerprint density at radius 1 is 1.32 bits per heavy atom. The van der Waals surface area contributed by atoms with Crippen molar-refractivity contribution in [3.8, 4) is 17.1 Å². The van der Waals surface area contributed by atoms with Crippen molar-refractivity contribution in [2.24, 2.45) is 0 Å². The zero-order valence-electron chi connectivity index (χ0n) is 14.9. The highest BCUT2D eigenvalue weighted by Gasteiger charge is 2.17. The van der Waals surface area contributed by atoms with Gasteiger partial charge in [-0.05, 0) is 40.1 Å². The molecule has 134 valence electrons. The van der Waals surface area contributed by atoms with E-state index in [0.717, 1.165) is 32.9 Å². The Labute approximate surface area is 166 Å². The fraction of sp³-hybridized carbons (Fsp3) is 0.412. The molecule has 0 amide bonds. The van der Waals surface area contributed by atoms with Gasteiger partial charge in [0.05, 0.1) is 32.7 Å². The van der Waals surface area contributed by atoms with E-state index in [9.17, 15) is 0 Å². The predicted molar refractivity (Wildman–Crippen MR) is 114 cm³/mol. The van der Waals surface area contributed by atoms with Crippen LogP contribution >= 0.6 is 33.9 Å². The highest BCUT2D eigenvalue weighted by molar-refractivity contribution is 14.1. The van der Waals surface area contributed by atoms with E-state index in [1.807, 2.05) is 23.1 Å². The van der Waals surface area contributed by atoms with E-state index in [4.69, 9.17) is 14.5 Å². The second-order valence-corrected chi connectivity index (χ2v) is 14.7. The average molecular weight is 487 g/mol. The van der Waals surface area contributed by atoms with Crippen LogP contribution in [0.4, 0.5) is 0 Å². The summed E-state index contributed by atoms with van der Waals surface area (Å²) in [6.07, 6.45) is 3.82. The van der Waals surface area contributed by atoms with Crippen LogP contribution in [0.5, 0.6) is 5.88 Å². The van der Waals surface area contributed by atoms with Crippen LogP contribution in [-0.4, -0.2) is 36.6 Å². The maximum Gasteiger partial charge on any atom is 0.222 e. The van der Waals surface area contributed by atoms with Crippen molar-refractivity contribution in [1.29, 1.82) is 0 Å². The number of rotatable bonds is 7. The quantitative estimate of drug-likeness (QED) is 0.265. The van der Waals surface area contributed by atoms with Crippen molar-refractivity contribution in [3.63, 3.8) is 0 Å². The summed E-state index contributed by atoms with van der Waals surface area (Å²) in [7, 11) is 0.600. The van der Waals surface area contributed by atoms with Gasteiger partial charge >= 0.3 is 0 Å². The molecule has 0 atom stereocenters. The lowest BCUT2D eigenvalue weighted by Crippen LogP contribution is -2.22. The molecule has 8 heteroatoms. The minimum atomic E-state index is -1.06. The third-order valence-corrected chi connectivity index (χ3v) is 7.89. The second-order valence-electron chi connectivity index (χ2n) is 7.06. The van der Waals surface area contributed by atoms with Crippen LogP contribution in [0, 0.1) is 3.57 Å². The van der Waals surface area contributed by atoms with Crippen molar-refractivity contribution >= 4 is 52.1 Å². The molecule has 25 heavy (non-hydrogen) atoms. The van der Waals surface area contributed by atoms with Crippen LogP contribution in [0.2, 0.25) is 25.7 Å². The molecule has 0 aliphatic carbocycles. The molecule has 0 saturated heterocycles. The van der Waals surface area contributed by atoms with Crippen molar-refractivity contribution in [2.75, 3.05) is 13.7 Å². The van der Waals surface area contributed by atoms with Crippen molar-refractivity contribution in [3.05, 3.63) is 27.4 Å². The monoisotopic (exact) mass is 487 g/mol. The van der Waals surface area contributed by atoms with E-state index in [1.54, 1.807) is 18.4 Å². The van der Waals surface area contributed by atoms with Gasteiger partial charge in [-0.2, -0.15) is 5.10 Å². The highest BCUT2D eigenvalue weighted by atomic mass is 127. The van der Waals surface area contributed by atoms with Gasteiger partial charge in [0.2, 0.25) is 5.88 Å². The number of nitrogens with zero attached hydrogens (tertiary/aromatic N) is 3. The molecule has 0 saturated carbocycles. The molecular weight excluding hydrogens is 465 g/mol. The minimum Gasteiger partial charge on any atom is -0.481 e. The van der Waals surface area contributed by atoms with Crippen LogP contribution in [0.15, 0.2) is 23.8 Å². The highest BCUT2D eigenvalue weighted by Crippen LogP contribution is 2.37. The largest absolute Gasteiger partial charge is 0.481 e. The van der Waals surface area contributed by atoms with E-state index in [-0.39, 0.29) is 0 Å². The molecule has 3 aromatic rings. The molecule has 3 aromatic heterocycles. The molecule has 3 heterocycles. The molecule has 0 spiro atoms. The van der Waals surface area contributed by atoms with Gasteiger partial charge < -0.3 is 9.47 Å². The Balaban J connectivity index is 1.78. The standard InChI is InChI=1S/C17H22IN3O2SSi/c1-22-17-13-5-7-24-16(13)14(18)15(20-17)12-9-19-21(10-12)11-23-6-8-25(2,3)4/h5,7,9-10H,6,8,11H2,1-4H3. The number of aromatic nitrogens is 3. The second kappa shape index (κ2) is 7.73. The summed E-state index contributed by atoms with van der Waals surface area (Å²) in [5, 5.41) is 7.54. The van der Waals surface area contributed by atoms with Gasteiger partial charge in [-0.25, -0.2) is 9.67 Å². The lowest BCUT2D eigenvalue weighted by molar-refractivity contribution is 0.0786. The SMILES string of the molecule is COc1nc(-c2cnn(COCC[Si](C)(C)C)c2)c(I)c2sccc12. The Kier molecular flexibility index (Phi) is 5.81. The van der Waals surface area contributed by atoms with Crippen LogP contribution in [0.25, 0.3) is 21.3 Å². The van der Waals surface area contributed by atoms with E-state index >= 15 is 0 Å². The Morgan fingerprint density at radius 3 is 2.84 bits per heavy atom. The third-order valence-electron chi connectivity index (χ3n) is 3.84. The Bertz CT molecular complexity index is 873. The van der Waals surface area contributed by atoms with Crippen molar-refractivity contribution in [1.82, 2.24) is 14.8 Å². The Hall–Kier alpha value is -0.973. The number of ether oxygens (including phenoxy) is 2. The van der Waals surface area contributed by atoms with Crippen molar-refractivity contribution < 1.29 is 9.47 Å². The summed E-state index contributed by atoms with van der Waals surface area (Å²) < 4.78 is 15.4. The summed E-state index contributed by atoms with van der Waals surface area (Å²) in [5.74, 6) is 0.658. The summed E-state index contributed by atoms with van der Waals surface area (Å²) in [6.45, 7) is 8.31. The van der Waals surface area contributed by atoms with Gasteiger partial charge in [0, 0.05) is 26.4 Å². The first-order valence-electron chi connectivity index (χ1n) is 8.10. The number of fused-ring (bicyclic) bond motifs is 1. The van der Waals surface area contributed by atoms with E-state index in [0.29, 0.717) is 12.6 Å². The van der Waals surface area contributed by atoms with Gasteiger partial charge in [0.25, 0.3) is 0 Å². The molecule has 5 nitrogen and oxygen atoms in total. The van der Waals surface area contributed by atoms with Gasteiger partial charge in [-0.15, -0.1) is 11.3 Å². The lowest BCUT2D eigenvalue weighted by atomic mass is 10.2. The molecule has 0 radical (unpaired) electrons. The van der Waals surface area contributed by atoms with Crippen molar-refractivity contribution in [2.45, 2.75) is 32.4 Å². The topological polar surface area (TPSA) is 49.2 Å². The van der Waals surface area contributed by atoms with Gasteiger partial charge in [-0.3, -0.25) is 0 Å². The normalized spacial score (nSPS) is 12.0. The summed E-state index contributed by atoms with van der Waals surface area (Å²) >= 11 is 4.06. The first-order chi connectivity index (χ1) is 11.9. The maximum atomic E-state index is 5.77. The average Bonchev–Trinajstić information content (AvgIpc) is 3.21. The fourth-order valence-electron chi connectivity index (χ4n) is 2.41. The van der Waals surface area contributed by atoms with Gasteiger partial charge in [-0.1, -0.05) is 19.6 Å². The molecular formula is C17H22IN3O2SSi. The number of hydrogen-bond donors (Lipinski definition) is 0. The molecule has 0 N–H and O–H groups in total. The third kappa shape index (κ3) is 4.41. The van der Waals surface area contributed by atoms with E-state index in [2.05, 4.69) is 52.7 Å². The van der Waals surface area contributed by atoms with Gasteiger partial charge in [0.1, 0.15) is 6.73 Å². The zero-order valence-corrected chi connectivity index (χ0v) is 18.8. The number of hydrogen-bond acceptors (Lipinski definition) is 5. The van der Waals surface area contributed by atoms with Crippen LogP contribution in [-0.2, 0) is 11.5 Å². The molecule has 0 aromatic carbocycles. The first-order valence-corrected chi connectivity index (χ1v) is 13.8. The van der Waals surface area contributed by atoms with Crippen LogP contribution < -0.4 is 4.74 Å². The fourth-order valence-corrected chi connectivity index (χ4v) is 5.09. The van der Waals surface area contributed by atoms with Crippen LogP contribution in [0.3, 0.4) is 0 Å². The first kappa shape index (κ1) is 18.8. The minimum absolute atomic E-state index is 0.472. The lowest BCUT2D eigenvalue weighted by Gasteiger charge is -2.15. The molecule has 0 unspecified atom stereocenters. The summed E-state index contributed by atoms with van der Waals surface area (Å²) in [5.41, 5.74) is 1.88. The van der Waals surface area contributed by atoms with E-state index < -0.39 is 8.07 Å². The van der Waals surface area contributed by atoms with Gasteiger partial charge in [0.15, 0.2) is 0 Å². The zero-order chi connectivity index (χ0) is 18.0. The van der Waals surface area contributed by atoms with E-state index in [1.165, 1.54) is 4.70 Å². The Morgan fingerprint density at radius 2 is 2.12 bits per heavy atom. The maximum absolute atomic E-state index is 5.77. The molecule has 0 aliphatic heterocycles. The number of thiophene rings is 1. The molecule has 0 aliphatic rings. The molecule has 0 bridgehead atoms. The van der Waals surface area contributed by atoms with Crippen LogP contribution in [0.1, 0.15) is 0 Å². The molecule has 0 fully saturated rings. The summed E-state index contributed by atoms with van der Waals surface area (Å²) in [6, 6.07) is 3.21. The summed E-state index contributed by atoms with van der Waals surface area (Å²) in [4.78, 5) is 4.69. The smallest absolute Gasteiger partial charge is 0.222 e. The predicted octanol–water partition coefficient (Wildman–Crippen LogP) is 5.09. The molecule has 3 rings (SSSR count). The number of pyridine rings is 1. The number of halogens is 1.